The summed E-state index contributed by atoms with van der Waals surface area (Å²) in [7, 11) is 3.81. The van der Waals surface area contributed by atoms with Crippen molar-refractivity contribution in [1.29, 1.82) is 0 Å². The minimum absolute atomic E-state index is 0.148. The topological polar surface area (TPSA) is 32.7 Å². The standard InChI is InChI=1S/C15H25NO2/c1-4-14(17)9-7-11-16(2)12-13-8-5-6-10-15(13)18-3/h5-6,8,10,14,17H,4,7,9,11-12H2,1-3H3. The van der Waals surface area contributed by atoms with Crippen molar-refractivity contribution >= 4 is 0 Å². The van der Waals surface area contributed by atoms with E-state index in [2.05, 4.69) is 18.0 Å². The van der Waals surface area contributed by atoms with E-state index in [1.807, 2.05) is 25.1 Å². The number of ether oxygens (including phenoxy) is 1. The third kappa shape index (κ3) is 5.07. The lowest BCUT2D eigenvalue weighted by atomic mass is 10.1. The molecule has 1 atom stereocenters. The second-order valence-corrected chi connectivity index (χ2v) is 4.75. The van der Waals surface area contributed by atoms with Crippen LogP contribution in [-0.2, 0) is 6.54 Å². The Morgan fingerprint density at radius 2 is 2.06 bits per heavy atom. The average molecular weight is 251 g/mol. The van der Waals surface area contributed by atoms with E-state index in [-0.39, 0.29) is 6.10 Å². The number of hydrogen-bond acceptors (Lipinski definition) is 3. The molecule has 0 aromatic heterocycles. The Kier molecular flexibility index (Phi) is 6.76. The Labute approximate surface area is 110 Å². The van der Waals surface area contributed by atoms with Gasteiger partial charge in [-0.15, -0.1) is 0 Å². The number of rotatable bonds is 8. The zero-order valence-electron chi connectivity index (χ0n) is 11.7. The largest absolute Gasteiger partial charge is 0.496 e. The fourth-order valence-corrected chi connectivity index (χ4v) is 2.00. The molecule has 0 heterocycles. The Morgan fingerprint density at radius 1 is 1.33 bits per heavy atom. The summed E-state index contributed by atoms with van der Waals surface area (Å²) in [6.07, 6.45) is 2.61. The molecule has 3 nitrogen and oxygen atoms in total. The van der Waals surface area contributed by atoms with Crippen molar-refractivity contribution in [2.24, 2.45) is 0 Å². The number of aliphatic hydroxyl groups excluding tert-OH is 1. The quantitative estimate of drug-likeness (QED) is 0.771. The van der Waals surface area contributed by atoms with Crippen LogP contribution < -0.4 is 4.74 Å². The summed E-state index contributed by atoms with van der Waals surface area (Å²) in [6, 6.07) is 8.10. The van der Waals surface area contributed by atoms with Crippen LogP contribution in [0, 0.1) is 0 Å². The van der Waals surface area contributed by atoms with Crippen LogP contribution in [-0.4, -0.2) is 36.8 Å². The number of methoxy groups -OCH3 is 1. The van der Waals surface area contributed by atoms with Crippen LogP contribution in [0.3, 0.4) is 0 Å². The van der Waals surface area contributed by atoms with Crippen LogP contribution >= 0.6 is 0 Å². The van der Waals surface area contributed by atoms with E-state index in [9.17, 15) is 5.11 Å². The third-order valence-corrected chi connectivity index (χ3v) is 3.18. The highest BCUT2D eigenvalue weighted by Crippen LogP contribution is 2.18. The third-order valence-electron chi connectivity index (χ3n) is 3.18. The molecule has 0 aliphatic rings. The summed E-state index contributed by atoms with van der Waals surface area (Å²) in [5, 5.41) is 9.50. The normalized spacial score (nSPS) is 12.7. The van der Waals surface area contributed by atoms with Crippen LogP contribution in [0.4, 0.5) is 0 Å². The first-order valence-corrected chi connectivity index (χ1v) is 6.65. The van der Waals surface area contributed by atoms with E-state index in [4.69, 9.17) is 4.74 Å². The Morgan fingerprint density at radius 3 is 2.72 bits per heavy atom. The molecule has 0 spiro atoms. The Balaban J connectivity index is 2.37. The minimum Gasteiger partial charge on any atom is -0.496 e. The molecule has 0 radical (unpaired) electrons. The zero-order valence-corrected chi connectivity index (χ0v) is 11.7. The molecular weight excluding hydrogens is 226 g/mol. The number of hydrogen-bond donors (Lipinski definition) is 1. The van der Waals surface area contributed by atoms with Gasteiger partial charge in [-0.3, -0.25) is 0 Å². The Bertz CT molecular complexity index is 341. The molecule has 0 fully saturated rings. The molecule has 102 valence electrons. The van der Waals surface area contributed by atoms with Gasteiger partial charge in [0.15, 0.2) is 0 Å². The van der Waals surface area contributed by atoms with Gasteiger partial charge in [-0.25, -0.2) is 0 Å². The van der Waals surface area contributed by atoms with Crippen molar-refractivity contribution < 1.29 is 9.84 Å². The predicted molar refractivity (Wildman–Crippen MR) is 74.9 cm³/mol. The molecule has 0 amide bonds. The summed E-state index contributed by atoms with van der Waals surface area (Å²) in [4.78, 5) is 2.26. The molecule has 1 aromatic rings. The molecule has 0 aliphatic carbocycles. The van der Waals surface area contributed by atoms with E-state index >= 15 is 0 Å². The number of para-hydroxylation sites is 1. The van der Waals surface area contributed by atoms with Gasteiger partial charge < -0.3 is 14.7 Å². The zero-order chi connectivity index (χ0) is 13.4. The first-order chi connectivity index (χ1) is 8.67. The molecule has 1 aromatic carbocycles. The average Bonchev–Trinajstić information content (AvgIpc) is 2.39. The molecule has 1 unspecified atom stereocenters. The van der Waals surface area contributed by atoms with Crippen LogP contribution in [0.5, 0.6) is 5.75 Å². The van der Waals surface area contributed by atoms with Crippen molar-refractivity contribution in [2.75, 3.05) is 20.7 Å². The van der Waals surface area contributed by atoms with Crippen molar-refractivity contribution in [3.63, 3.8) is 0 Å². The van der Waals surface area contributed by atoms with Gasteiger partial charge in [-0.05, 0) is 38.9 Å². The van der Waals surface area contributed by atoms with Gasteiger partial charge in [-0.2, -0.15) is 0 Å². The molecule has 0 saturated heterocycles. The molecule has 0 saturated carbocycles. The van der Waals surface area contributed by atoms with Crippen molar-refractivity contribution in [3.8, 4) is 5.75 Å². The van der Waals surface area contributed by atoms with E-state index in [1.165, 1.54) is 5.56 Å². The van der Waals surface area contributed by atoms with E-state index in [0.717, 1.165) is 38.1 Å². The molecule has 1 rings (SSSR count). The smallest absolute Gasteiger partial charge is 0.123 e. The maximum Gasteiger partial charge on any atom is 0.123 e. The van der Waals surface area contributed by atoms with Crippen molar-refractivity contribution in [2.45, 2.75) is 38.8 Å². The molecular formula is C15H25NO2. The summed E-state index contributed by atoms with van der Waals surface area (Å²) in [5.41, 5.74) is 1.21. The summed E-state index contributed by atoms with van der Waals surface area (Å²) < 4.78 is 5.34. The van der Waals surface area contributed by atoms with E-state index < -0.39 is 0 Å². The second-order valence-electron chi connectivity index (χ2n) is 4.75. The van der Waals surface area contributed by atoms with E-state index in [1.54, 1.807) is 7.11 Å². The lowest BCUT2D eigenvalue weighted by Gasteiger charge is -2.19. The summed E-state index contributed by atoms with van der Waals surface area (Å²) >= 11 is 0. The summed E-state index contributed by atoms with van der Waals surface area (Å²) in [5.74, 6) is 0.943. The fraction of sp³-hybridized carbons (Fsp3) is 0.600. The molecule has 18 heavy (non-hydrogen) atoms. The fourth-order valence-electron chi connectivity index (χ4n) is 2.00. The second kappa shape index (κ2) is 8.11. The highest BCUT2D eigenvalue weighted by molar-refractivity contribution is 5.32. The summed E-state index contributed by atoms with van der Waals surface area (Å²) in [6.45, 7) is 3.89. The first kappa shape index (κ1) is 15.0. The number of benzene rings is 1. The van der Waals surface area contributed by atoms with Crippen molar-refractivity contribution in [1.82, 2.24) is 4.90 Å². The predicted octanol–water partition coefficient (Wildman–Crippen LogP) is 2.68. The first-order valence-electron chi connectivity index (χ1n) is 6.65. The van der Waals surface area contributed by atoms with Crippen LogP contribution in [0.1, 0.15) is 31.7 Å². The lowest BCUT2D eigenvalue weighted by molar-refractivity contribution is 0.151. The maximum absolute atomic E-state index is 9.50. The van der Waals surface area contributed by atoms with Crippen molar-refractivity contribution in [3.05, 3.63) is 29.8 Å². The van der Waals surface area contributed by atoms with Gasteiger partial charge in [0.05, 0.1) is 13.2 Å². The van der Waals surface area contributed by atoms with Gasteiger partial charge in [0.2, 0.25) is 0 Å². The van der Waals surface area contributed by atoms with Gasteiger partial charge in [0, 0.05) is 12.1 Å². The van der Waals surface area contributed by atoms with Gasteiger partial charge in [-0.1, -0.05) is 25.1 Å². The van der Waals surface area contributed by atoms with Gasteiger partial charge >= 0.3 is 0 Å². The SMILES string of the molecule is CCC(O)CCCN(C)Cc1ccccc1OC. The number of nitrogens with zero attached hydrogens (tertiary/aromatic N) is 1. The number of aliphatic hydroxyl groups is 1. The monoisotopic (exact) mass is 251 g/mol. The molecule has 0 bridgehead atoms. The molecule has 0 aliphatic heterocycles. The maximum atomic E-state index is 9.50. The van der Waals surface area contributed by atoms with Crippen LogP contribution in [0.25, 0.3) is 0 Å². The van der Waals surface area contributed by atoms with E-state index in [0.29, 0.717) is 0 Å². The Hall–Kier alpha value is -1.06. The minimum atomic E-state index is -0.148. The van der Waals surface area contributed by atoms with Gasteiger partial charge in [0.25, 0.3) is 0 Å². The van der Waals surface area contributed by atoms with Crippen LogP contribution in [0.15, 0.2) is 24.3 Å². The lowest BCUT2D eigenvalue weighted by Crippen LogP contribution is -2.20. The highest BCUT2D eigenvalue weighted by Gasteiger charge is 2.06. The molecule has 3 heteroatoms. The van der Waals surface area contributed by atoms with Gasteiger partial charge in [0.1, 0.15) is 5.75 Å². The highest BCUT2D eigenvalue weighted by atomic mass is 16.5. The van der Waals surface area contributed by atoms with Crippen LogP contribution in [0.2, 0.25) is 0 Å². The molecule has 1 N–H and O–H groups in total.